The zero-order valence-corrected chi connectivity index (χ0v) is 18.2. The molecule has 0 bridgehead atoms. The van der Waals surface area contributed by atoms with Crippen LogP contribution < -0.4 is 5.32 Å². The molecule has 3 aliphatic rings. The summed E-state index contributed by atoms with van der Waals surface area (Å²) in [4.78, 5) is 29.2. The maximum atomic E-state index is 13.8. The van der Waals surface area contributed by atoms with E-state index in [0.29, 0.717) is 30.5 Å². The standard InChI is InChI=1S/C26H28F2N2O2/c1-26-12-11-19-18-9-7-17(27)13-15(18)5-8-20(19)25(26)16(14-21(26)31)6-10-24(32)30-23-4-2-3-22(28)29-23/h2-4,7,9,13,16,19-20,25H,5-6,8,10-12,14H2,1H3,(H,29,30,32)/t16-,19?,20?,25?,26-/m1/s1. The van der Waals surface area contributed by atoms with Gasteiger partial charge in [0.15, 0.2) is 0 Å². The lowest BCUT2D eigenvalue weighted by molar-refractivity contribution is -0.129. The van der Waals surface area contributed by atoms with E-state index in [2.05, 4.69) is 17.2 Å². The third-order valence-corrected chi connectivity index (χ3v) is 8.26. The van der Waals surface area contributed by atoms with Crippen LogP contribution in [0.4, 0.5) is 14.6 Å². The number of fused-ring (bicyclic) bond motifs is 5. The average Bonchev–Trinajstić information content (AvgIpc) is 3.02. The van der Waals surface area contributed by atoms with Gasteiger partial charge in [0.25, 0.3) is 0 Å². The van der Waals surface area contributed by atoms with Gasteiger partial charge in [-0.2, -0.15) is 4.39 Å². The lowest BCUT2D eigenvalue weighted by Gasteiger charge is -2.50. The van der Waals surface area contributed by atoms with Crippen molar-refractivity contribution in [3.05, 3.63) is 59.3 Å². The summed E-state index contributed by atoms with van der Waals surface area (Å²) in [7, 11) is 0. The highest BCUT2D eigenvalue weighted by atomic mass is 19.1. The zero-order valence-electron chi connectivity index (χ0n) is 18.2. The topological polar surface area (TPSA) is 59.1 Å². The average molecular weight is 439 g/mol. The van der Waals surface area contributed by atoms with Crippen LogP contribution in [0.3, 0.4) is 0 Å². The van der Waals surface area contributed by atoms with E-state index in [-0.39, 0.29) is 41.2 Å². The van der Waals surface area contributed by atoms with Gasteiger partial charge in [-0.3, -0.25) is 9.59 Å². The minimum atomic E-state index is -0.634. The van der Waals surface area contributed by atoms with E-state index in [0.717, 1.165) is 31.2 Å². The van der Waals surface area contributed by atoms with Crippen molar-refractivity contribution in [2.24, 2.45) is 23.2 Å². The Hall–Kier alpha value is -2.63. The number of benzene rings is 1. The van der Waals surface area contributed by atoms with Crippen molar-refractivity contribution < 1.29 is 18.4 Å². The lowest BCUT2D eigenvalue weighted by atomic mass is 9.54. The highest BCUT2D eigenvalue weighted by molar-refractivity contribution is 5.90. The summed E-state index contributed by atoms with van der Waals surface area (Å²) in [5.41, 5.74) is 2.03. The Balaban J connectivity index is 1.32. The van der Waals surface area contributed by atoms with E-state index < -0.39 is 5.95 Å². The second-order valence-electron chi connectivity index (χ2n) is 9.95. The number of ketones is 1. The van der Waals surface area contributed by atoms with Gasteiger partial charge in [0.1, 0.15) is 17.4 Å². The number of rotatable bonds is 4. The number of anilines is 1. The van der Waals surface area contributed by atoms with Crippen LogP contribution in [0.2, 0.25) is 0 Å². The van der Waals surface area contributed by atoms with E-state index >= 15 is 0 Å². The van der Waals surface area contributed by atoms with E-state index in [4.69, 9.17) is 0 Å². The molecule has 3 unspecified atom stereocenters. The molecule has 1 amide bonds. The van der Waals surface area contributed by atoms with E-state index in [1.54, 1.807) is 18.2 Å². The quantitative estimate of drug-likeness (QED) is 0.648. The predicted octanol–water partition coefficient (Wildman–Crippen LogP) is 5.43. The van der Waals surface area contributed by atoms with E-state index in [1.165, 1.54) is 17.7 Å². The van der Waals surface area contributed by atoms with Crippen LogP contribution >= 0.6 is 0 Å². The number of carbonyl (C=O) groups excluding carboxylic acids is 2. The second kappa shape index (κ2) is 8.05. The summed E-state index contributed by atoms with van der Waals surface area (Å²) in [6, 6.07) is 9.46. The van der Waals surface area contributed by atoms with Gasteiger partial charge in [-0.1, -0.05) is 19.1 Å². The molecule has 0 aliphatic heterocycles. The van der Waals surface area contributed by atoms with Crippen molar-refractivity contribution in [2.45, 2.75) is 57.8 Å². The number of nitrogens with one attached hydrogen (secondary N) is 1. The lowest BCUT2D eigenvalue weighted by Crippen LogP contribution is -2.44. The van der Waals surface area contributed by atoms with Crippen LogP contribution in [0.5, 0.6) is 0 Å². The van der Waals surface area contributed by atoms with Gasteiger partial charge in [-0.25, -0.2) is 9.37 Å². The molecule has 5 rings (SSSR count). The largest absolute Gasteiger partial charge is 0.311 e. The van der Waals surface area contributed by atoms with Crippen LogP contribution in [0.25, 0.3) is 0 Å². The Kier molecular flexibility index (Phi) is 5.34. The van der Waals surface area contributed by atoms with Gasteiger partial charge < -0.3 is 5.32 Å². The molecule has 2 fully saturated rings. The SMILES string of the molecule is C[C@]12CCC3c4ccc(F)cc4CCC3C1[C@H](CCC(=O)Nc1cccc(F)n1)CC2=O. The minimum absolute atomic E-state index is 0.161. The number of Topliss-reactive ketones (excluding diaryl/α,β-unsaturated/α-hetero) is 1. The van der Waals surface area contributed by atoms with Crippen molar-refractivity contribution in [1.29, 1.82) is 0 Å². The third kappa shape index (κ3) is 3.63. The van der Waals surface area contributed by atoms with Crippen molar-refractivity contribution in [1.82, 2.24) is 4.98 Å². The first-order valence-corrected chi connectivity index (χ1v) is 11.6. The number of amides is 1. The van der Waals surface area contributed by atoms with Crippen molar-refractivity contribution in [2.75, 3.05) is 5.32 Å². The van der Waals surface area contributed by atoms with Gasteiger partial charge in [0.05, 0.1) is 0 Å². The van der Waals surface area contributed by atoms with Crippen molar-refractivity contribution >= 4 is 17.5 Å². The summed E-state index contributed by atoms with van der Waals surface area (Å²) < 4.78 is 27.0. The van der Waals surface area contributed by atoms with E-state index in [1.807, 2.05) is 6.07 Å². The van der Waals surface area contributed by atoms with Gasteiger partial charge in [0.2, 0.25) is 11.9 Å². The Labute approximate surface area is 186 Å². The highest BCUT2D eigenvalue weighted by Gasteiger charge is 2.58. The molecular weight excluding hydrogens is 410 g/mol. The Morgan fingerprint density at radius 1 is 1.22 bits per heavy atom. The van der Waals surface area contributed by atoms with Crippen molar-refractivity contribution in [3.8, 4) is 0 Å². The Morgan fingerprint density at radius 2 is 2.06 bits per heavy atom. The summed E-state index contributed by atoms with van der Waals surface area (Å²) in [5, 5.41) is 2.66. The Bertz CT molecular complexity index is 1070. The molecule has 1 heterocycles. The van der Waals surface area contributed by atoms with Gasteiger partial charge in [0, 0.05) is 18.3 Å². The predicted molar refractivity (Wildman–Crippen MR) is 117 cm³/mol. The summed E-state index contributed by atoms with van der Waals surface area (Å²) in [5.74, 6) is 0.647. The molecule has 1 N–H and O–H groups in total. The molecular formula is C26H28F2N2O2. The third-order valence-electron chi connectivity index (χ3n) is 8.26. The second-order valence-corrected chi connectivity index (χ2v) is 9.95. The van der Waals surface area contributed by atoms with Crippen LogP contribution in [0.15, 0.2) is 36.4 Å². The van der Waals surface area contributed by atoms with Crippen LogP contribution in [-0.2, 0) is 16.0 Å². The number of hydrogen-bond donors (Lipinski definition) is 1. The number of aromatic nitrogens is 1. The summed E-state index contributed by atoms with van der Waals surface area (Å²) in [6.45, 7) is 2.12. The molecule has 1 aromatic heterocycles. The fraction of sp³-hybridized carbons (Fsp3) is 0.500. The molecule has 3 aliphatic carbocycles. The highest BCUT2D eigenvalue weighted by Crippen LogP contribution is 2.62. The Morgan fingerprint density at radius 3 is 2.88 bits per heavy atom. The molecule has 6 heteroatoms. The number of halogens is 2. The zero-order chi connectivity index (χ0) is 22.5. The minimum Gasteiger partial charge on any atom is -0.311 e. The van der Waals surface area contributed by atoms with Gasteiger partial charge in [-0.05, 0) is 91.2 Å². The smallest absolute Gasteiger partial charge is 0.225 e. The normalized spacial score (nSPS) is 30.9. The molecule has 4 nitrogen and oxygen atoms in total. The first kappa shape index (κ1) is 21.2. The summed E-state index contributed by atoms with van der Waals surface area (Å²) in [6.07, 6.45) is 5.05. The van der Waals surface area contributed by atoms with Crippen molar-refractivity contribution in [3.63, 3.8) is 0 Å². The fourth-order valence-corrected chi connectivity index (χ4v) is 6.88. The maximum absolute atomic E-state index is 13.8. The molecule has 0 spiro atoms. The van der Waals surface area contributed by atoms with Crippen LogP contribution in [0.1, 0.15) is 62.5 Å². The first-order valence-electron chi connectivity index (χ1n) is 11.6. The molecule has 32 heavy (non-hydrogen) atoms. The maximum Gasteiger partial charge on any atom is 0.225 e. The molecule has 1 aromatic carbocycles. The molecule has 2 saturated carbocycles. The number of aryl methyl sites for hydroxylation is 1. The molecule has 168 valence electrons. The summed E-state index contributed by atoms with van der Waals surface area (Å²) >= 11 is 0. The number of carbonyl (C=O) groups is 2. The first-order chi connectivity index (χ1) is 15.3. The fourth-order valence-electron chi connectivity index (χ4n) is 6.88. The van der Waals surface area contributed by atoms with Crippen LogP contribution in [0, 0.1) is 34.9 Å². The number of nitrogens with zero attached hydrogens (tertiary/aromatic N) is 1. The van der Waals surface area contributed by atoms with E-state index in [9.17, 15) is 18.4 Å². The molecule has 5 atom stereocenters. The molecule has 0 radical (unpaired) electrons. The molecule has 2 aromatic rings. The van der Waals surface area contributed by atoms with Gasteiger partial charge in [-0.15, -0.1) is 0 Å². The molecule has 0 saturated heterocycles. The number of hydrogen-bond acceptors (Lipinski definition) is 3. The van der Waals surface area contributed by atoms with Crippen LogP contribution in [-0.4, -0.2) is 16.7 Å². The monoisotopic (exact) mass is 438 g/mol. The van der Waals surface area contributed by atoms with Gasteiger partial charge >= 0.3 is 0 Å². The number of pyridine rings is 1.